The Hall–Kier alpha value is -3.30. The lowest BCUT2D eigenvalue weighted by atomic mass is 10.2. The summed E-state index contributed by atoms with van der Waals surface area (Å²) < 4.78 is 65.8. The molecule has 0 aromatic heterocycles. The van der Waals surface area contributed by atoms with Gasteiger partial charge < -0.3 is 5.32 Å². The molecule has 0 aliphatic rings. The molecule has 0 atom stereocenters. The Kier molecular flexibility index (Phi) is 6.58. The predicted octanol–water partition coefficient (Wildman–Crippen LogP) is 2.65. The number of hydrazone groups is 1. The normalized spacial score (nSPS) is 10.9. The van der Waals surface area contributed by atoms with Crippen molar-refractivity contribution in [2.24, 2.45) is 5.10 Å². The second-order valence-electron chi connectivity index (χ2n) is 5.15. The van der Waals surface area contributed by atoms with Gasteiger partial charge in [0.05, 0.1) is 11.8 Å². The number of hydrogen-bond acceptors (Lipinski definition) is 3. The first-order valence-electron chi connectivity index (χ1n) is 7.49. The summed E-state index contributed by atoms with van der Waals surface area (Å²) in [5.74, 6) is -11.8. The van der Waals surface area contributed by atoms with Crippen LogP contribution < -0.4 is 10.7 Å². The molecule has 2 aromatic rings. The monoisotopic (exact) mass is 385 g/mol. The highest BCUT2D eigenvalue weighted by atomic mass is 19.2. The number of benzene rings is 2. The first-order chi connectivity index (χ1) is 12.8. The zero-order valence-corrected chi connectivity index (χ0v) is 13.5. The summed E-state index contributed by atoms with van der Waals surface area (Å²) in [5, 5.41) is 5.62. The van der Waals surface area contributed by atoms with E-state index < -0.39 is 46.5 Å². The number of nitrogens with one attached hydrogen (secondary N) is 2. The molecule has 5 nitrogen and oxygen atoms in total. The number of hydrogen-bond donors (Lipinski definition) is 2. The predicted molar refractivity (Wildman–Crippen MR) is 85.4 cm³/mol. The quantitative estimate of drug-likeness (QED) is 0.264. The van der Waals surface area contributed by atoms with Crippen LogP contribution in [0.15, 0.2) is 35.4 Å². The summed E-state index contributed by atoms with van der Waals surface area (Å²) in [6.07, 6.45) is 0.0731. The minimum atomic E-state index is -2.29. The van der Waals surface area contributed by atoms with Crippen LogP contribution >= 0.6 is 0 Å². The molecule has 0 heterocycles. The van der Waals surface area contributed by atoms with Gasteiger partial charge in [0.1, 0.15) is 0 Å². The van der Waals surface area contributed by atoms with E-state index in [1.54, 1.807) is 30.3 Å². The number of carbonyl (C=O) groups is 2. The molecule has 2 aromatic carbocycles. The van der Waals surface area contributed by atoms with Gasteiger partial charge in [-0.2, -0.15) is 5.10 Å². The first-order valence-corrected chi connectivity index (χ1v) is 7.49. The number of rotatable bonds is 6. The number of amides is 2. The summed E-state index contributed by atoms with van der Waals surface area (Å²) in [5.41, 5.74) is 0.963. The van der Waals surface area contributed by atoms with Crippen LogP contribution in [0.4, 0.5) is 22.0 Å². The molecular formula is C17H12F5N3O2. The van der Waals surface area contributed by atoms with E-state index in [4.69, 9.17) is 0 Å². The largest absolute Gasteiger partial charge is 0.352 e. The van der Waals surface area contributed by atoms with Crippen molar-refractivity contribution in [3.63, 3.8) is 0 Å². The van der Waals surface area contributed by atoms with Crippen LogP contribution in [0.2, 0.25) is 0 Å². The van der Waals surface area contributed by atoms with Gasteiger partial charge in [-0.05, 0) is 12.1 Å². The van der Waals surface area contributed by atoms with Crippen molar-refractivity contribution in [2.45, 2.75) is 6.42 Å². The van der Waals surface area contributed by atoms with E-state index in [2.05, 4.69) is 10.4 Å². The Morgan fingerprint density at radius 1 is 0.889 bits per heavy atom. The fraction of sp³-hybridized carbons (Fsp3) is 0.118. The molecule has 2 N–H and O–H groups in total. The van der Waals surface area contributed by atoms with Crippen molar-refractivity contribution in [3.05, 3.63) is 70.5 Å². The minimum absolute atomic E-state index is 0.0579. The molecule has 0 spiro atoms. The summed E-state index contributed by atoms with van der Waals surface area (Å²) in [4.78, 5) is 23.3. The summed E-state index contributed by atoms with van der Waals surface area (Å²) in [6.45, 7) is -0.0579. The second-order valence-corrected chi connectivity index (χ2v) is 5.15. The highest BCUT2D eigenvalue weighted by molar-refractivity contribution is 5.94. The highest BCUT2D eigenvalue weighted by Gasteiger charge is 2.24. The van der Waals surface area contributed by atoms with Crippen molar-refractivity contribution < 1.29 is 31.5 Å². The topological polar surface area (TPSA) is 70.6 Å². The standard InChI is InChI=1S/C17H12F5N3O2/c18-12-10(13(19)15(21)16(22)14(12)20)8-24-25-11(26)6-7-23-17(27)9-4-2-1-3-5-9/h1-5,8H,6-7H2,(H,23,27)(H,25,26). The zero-order valence-electron chi connectivity index (χ0n) is 13.5. The van der Waals surface area contributed by atoms with Gasteiger partial charge in [-0.15, -0.1) is 0 Å². The van der Waals surface area contributed by atoms with E-state index >= 15 is 0 Å². The molecule has 2 amide bonds. The smallest absolute Gasteiger partial charge is 0.251 e. The molecule has 0 aliphatic carbocycles. The van der Waals surface area contributed by atoms with Crippen LogP contribution in [0.3, 0.4) is 0 Å². The van der Waals surface area contributed by atoms with E-state index in [1.165, 1.54) is 0 Å². The molecule has 0 unspecified atom stereocenters. The average Bonchev–Trinajstić information content (AvgIpc) is 2.68. The molecule has 0 aliphatic heterocycles. The molecule has 0 bridgehead atoms. The maximum Gasteiger partial charge on any atom is 0.251 e. The molecule has 142 valence electrons. The molecule has 2 rings (SSSR count). The zero-order chi connectivity index (χ0) is 20.0. The lowest BCUT2D eigenvalue weighted by Crippen LogP contribution is -2.29. The van der Waals surface area contributed by atoms with Gasteiger partial charge in [0.2, 0.25) is 11.7 Å². The highest BCUT2D eigenvalue weighted by Crippen LogP contribution is 2.21. The molecule has 0 radical (unpaired) electrons. The summed E-state index contributed by atoms with van der Waals surface area (Å²) in [7, 11) is 0. The van der Waals surface area contributed by atoms with Gasteiger partial charge in [-0.1, -0.05) is 18.2 Å². The Morgan fingerprint density at radius 2 is 1.44 bits per heavy atom. The van der Waals surface area contributed by atoms with Gasteiger partial charge >= 0.3 is 0 Å². The Morgan fingerprint density at radius 3 is 2.04 bits per heavy atom. The molecule has 0 saturated carbocycles. The Balaban J connectivity index is 1.88. The lowest BCUT2D eigenvalue weighted by molar-refractivity contribution is -0.120. The van der Waals surface area contributed by atoms with E-state index in [0.717, 1.165) is 0 Å². The third kappa shape index (κ3) is 4.87. The average molecular weight is 385 g/mol. The fourth-order valence-electron chi connectivity index (χ4n) is 1.94. The maximum atomic E-state index is 13.4. The van der Waals surface area contributed by atoms with Crippen LogP contribution in [-0.4, -0.2) is 24.6 Å². The van der Waals surface area contributed by atoms with E-state index in [0.29, 0.717) is 11.8 Å². The van der Waals surface area contributed by atoms with E-state index in [9.17, 15) is 31.5 Å². The summed E-state index contributed by atoms with van der Waals surface area (Å²) >= 11 is 0. The number of halogens is 5. The second kappa shape index (κ2) is 8.88. The summed E-state index contributed by atoms with van der Waals surface area (Å²) in [6, 6.07) is 8.20. The molecule has 27 heavy (non-hydrogen) atoms. The van der Waals surface area contributed by atoms with Gasteiger partial charge in [-0.3, -0.25) is 9.59 Å². The first kappa shape index (κ1) is 20.0. The van der Waals surface area contributed by atoms with Crippen LogP contribution in [0, 0.1) is 29.1 Å². The number of carbonyl (C=O) groups excluding carboxylic acids is 2. The Bertz CT molecular complexity index is 859. The SMILES string of the molecule is O=C(CCNC(=O)c1ccccc1)NN=Cc1c(F)c(F)c(F)c(F)c1F. The van der Waals surface area contributed by atoms with Crippen LogP contribution in [0.1, 0.15) is 22.3 Å². The molecule has 10 heteroatoms. The van der Waals surface area contributed by atoms with Gasteiger partial charge in [0.15, 0.2) is 23.3 Å². The van der Waals surface area contributed by atoms with Crippen molar-refractivity contribution >= 4 is 18.0 Å². The third-order valence-electron chi connectivity index (χ3n) is 3.30. The van der Waals surface area contributed by atoms with Crippen LogP contribution in [-0.2, 0) is 4.79 Å². The van der Waals surface area contributed by atoms with E-state index in [-0.39, 0.29) is 13.0 Å². The van der Waals surface area contributed by atoms with Crippen molar-refractivity contribution in [1.29, 1.82) is 0 Å². The van der Waals surface area contributed by atoms with Gasteiger partial charge in [-0.25, -0.2) is 27.4 Å². The van der Waals surface area contributed by atoms with Crippen LogP contribution in [0.5, 0.6) is 0 Å². The lowest BCUT2D eigenvalue weighted by Gasteiger charge is -2.05. The van der Waals surface area contributed by atoms with Gasteiger partial charge in [0, 0.05) is 18.5 Å². The van der Waals surface area contributed by atoms with Crippen LogP contribution in [0.25, 0.3) is 0 Å². The van der Waals surface area contributed by atoms with Crippen molar-refractivity contribution in [3.8, 4) is 0 Å². The van der Waals surface area contributed by atoms with Crippen molar-refractivity contribution in [2.75, 3.05) is 6.54 Å². The molecular weight excluding hydrogens is 373 g/mol. The van der Waals surface area contributed by atoms with E-state index in [1.807, 2.05) is 5.43 Å². The maximum absolute atomic E-state index is 13.4. The molecule has 0 fully saturated rings. The molecule has 0 saturated heterocycles. The fourth-order valence-corrected chi connectivity index (χ4v) is 1.94. The third-order valence-corrected chi connectivity index (χ3v) is 3.30. The van der Waals surface area contributed by atoms with Gasteiger partial charge in [0.25, 0.3) is 5.91 Å². The van der Waals surface area contributed by atoms with Crippen molar-refractivity contribution in [1.82, 2.24) is 10.7 Å². The number of nitrogens with zero attached hydrogens (tertiary/aromatic N) is 1. The minimum Gasteiger partial charge on any atom is -0.352 e. The Labute approximate surface area is 149 Å².